The fourth-order valence-electron chi connectivity index (χ4n) is 3.90. The highest BCUT2D eigenvalue weighted by molar-refractivity contribution is 5.85. The second-order valence-electron chi connectivity index (χ2n) is 7.60. The van der Waals surface area contributed by atoms with Crippen molar-refractivity contribution in [3.8, 4) is 22.6 Å². The number of hydrogen-bond donors (Lipinski definition) is 0. The van der Waals surface area contributed by atoms with Crippen LogP contribution in [0.1, 0.15) is 22.6 Å². The van der Waals surface area contributed by atoms with Gasteiger partial charge in [0.25, 0.3) is 0 Å². The minimum absolute atomic E-state index is 0.751. The fourth-order valence-corrected chi connectivity index (χ4v) is 3.90. The Bertz CT molecular complexity index is 1420. The minimum Gasteiger partial charge on any atom is -0.496 e. The van der Waals surface area contributed by atoms with Gasteiger partial charge in [-0.3, -0.25) is 0 Å². The number of methoxy groups -OCH3 is 1. The summed E-state index contributed by atoms with van der Waals surface area (Å²) < 4.78 is 9.47. The predicted octanol–water partition coefficient (Wildman–Crippen LogP) is 5.38. The Morgan fingerprint density at radius 2 is 1.78 bits per heavy atom. The molecule has 0 aliphatic rings. The molecule has 3 heterocycles. The lowest BCUT2D eigenvalue weighted by Gasteiger charge is -2.11. The highest BCUT2D eigenvalue weighted by Crippen LogP contribution is 2.36. The van der Waals surface area contributed by atoms with Crippen LogP contribution < -0.4 is 4.74 Å². The van der Waals surface area contributed by atoms with Gasteiger partial charge in [-0.25, -0.2) is 14.2 Å². The average molecular weight is 422 g/mol. The second kappa shape index (κ2) is 8.15. The standard InChI is InChI=1S/C26H23N5O/c1-18-16-22(11-10-20-8-5-4-6-9-20)31-26(28-18)25(19(2)29-31)23-13-12-21(17-24(23)32-3)30-15-7-14-27-30/h4-17H,1-3H3/b11-10+. The number of ether oxygens (including phenoxy) is 1. The van der Waals surface area contributed by atoms with Gasteiger partial charge in [0, 0.05) is 29.7 Å². The third-order valence-electron chi connectivity index (χ3n) is 5.39. The highest BCUT2D eigenvalue weighted by Gasteiger charge is 2.19. The smallest absolute Gasteiger partial charge is 0.164 e. The van der Waals surface area contributed by atoms with Gasteiger partial charge in [0.2, 0.25) is 0 Å². The quantitative estimate of drug-likeness (QED) is 0.382. The van der Waals surface area contributed by atoms with Gasteiger partial charge in [-0.2, -0.15) is 10.2 Å². The Morgan fingerprint density at radius 1 is 0.938 bits per heavy atom. The van der Waals surface area contributed by atoms with Gasteiger partial charge in [-0.15, -0.1) is 0 Å². The summed E-state index contributed by atoms with van der Waals surface area (Å²) in [6.07, 6.45) is 7.83. The molecule has 6 heteroatoms. The van der Waals surface area contributed by atoms with Crippen molar-refractivity contribution < 1.29 is 4.74 Å². The zero-order valence-electron chi connectivity index (χ0n) is 18.2. The first-order valence-electron chi connectivity index (χ1n) is 10.4. The Hall–Kier alpha value is -4.19. The summed E-state index contributed by atoms with van der Waals surface area (Å²) in [7, 11) is 1.68. The van der Waals surface area contributed by atoms with Crippen molar-refractivity contribution in [2.24, 2.45) is 0 Å². The number of hydrogen-bond acceptors (Lipinski definition) is 4. The molecule has 5 rings (SSSR count). The molecule has 2 aromatic carbocycles. The van der Waals surface area contributed by atoms with E-state index in [4.69, 9.17) is 14.8 Å². The molecule has 0 atom stereocenters. The van der Waals surface area contributed by atoms with Crippen LogP contribution in [0.15, 0.2) is 73.1 Å². The van der Waals surface area contributed by atoms with Crippen molar-refractivity contribution in [1.29, 1.82) is 0 Å². The van der Waals surface area contributed by atoms with Crippen molar-refractivity contribution in [3.63, 3.8) is 0 Å². The van der Waals surface area contributed by atoms with E-state index in [1.165, 1.54) is 0 Å². The molecule has 0 aliphatic heterocycles. The van der Waals surface area contributed by atoms with Crippen LogP contribution in [0.3, 0.4) is 0 Å². The third kappa shape index (κ3) is 3.56. The molecule has 0 spiro atoms. The molecule has 158 valence electrons. The van der Waals surface area contributed by atoms with Crippen LogP contribution in [0, 0.1) is 13.8 Å². The fraction of sp³-hybridized carbons (Fsp3) is 0.115. The summed E-state index contributed by atoms with van der Waals surface area (Å²) >= 11 is 0. The number of aromatic nitrogens is 5. The first-order valence-corrected chi connectivity index (χ1v) is 10.4. The topological polar surface area (TPSA) is 57.2 Å². The van der Waals surface area contributed by atoms with Gasteiger partial charge in [0.1, 0.15) is 5.75 Å². The van der Waals surface area contributed by atoms with Crippen molar-refractivity contribution in [2.75, 3.05) is 7.11 Å². The van der Waals surface area contributed by atoms with E-state index in [9.17, 15) is 0 Å². The van der Waals surface area contributed by atoms with Crippen LogP contribution in [-0.2, 0) is 0 Å². The Balaban J connectivity index is 1.65. The Morgan fingerprint density at radius 3 is 2.53 bits per heavy atom. The van der Waals surface area contributed by atoms with Crippen LogP contribution in [0.5, 0.6) is 5.75 Å². The molecule has 0 saturated heterocycles. The van der Waals surface area contributed by atoms with Gasteiger partial charge in [0.15, 0.2) is 5.65 Å². The SMILES string of the molecule is COc1cc(-n2cccn2)ccc1-c1c(C)nn2c(/C=C/c3ccccc3)cc(C)nc12. The van der Waals surface area contributed by atoms with Crippen LogP contribution in [0.4, 0.5) is 0 Å². The maximum absolute atomic E-state index is 5.76. The van der Waals surface area contributed by atoms with Crippen molar-refractivity contribution in [1.82, 2.24) is 24.4 Å². The van der Waals surface area contributed by atoms with E-state index >= 15 is 0 Å². The van der Waals surface area contributed by atoms with E-state index in [1.807, 2.05) is 77.8 Å². The summed E-state index contributed by atoms with van der Waals surface area (Å²) in [5.41, 5.74) is 7.58. The first kappa shape index (κ1) is 19.8. The molecule has 0 amide bonds. The number of aryl methyl sites for hydroxylation is 2. The summed E-state index contributed by atoms with van der Waals surface area (Å²) in [4.78, 5) is 4.83. The van der Waals surface area contributed by atoms with Gasteiger partial charge in [0.05, 0.1) is 29.7 Å². The summed E-state index contributed by atoms with van der Waals surface area (Å²) in [6, 6.07) is 20.2. The molecule has 32 heavy (non-hydrogen) atoms. The molecule has 6 nitrogen and oxygen atoms in total. The average Bonchev–Trinajstić information content (AvgIpc) is 3.46. The maximum Gasteiger partial charge on any atom is 0.164 e. The molecule has 0 fully saturated rings. The van der Waals surface area contributed by atoms with Gasteiger partial charge in [-0.1, -0.05) is 36.4 Å². The van der Waals surface area contributed by atoms with Crippen LogP contribution in [0.2, 0.25) is 0 Å². The third-order valence-corrected chi connectivity index (χ3v) is 5.39. The molecule has 0 saturated carbocycles. The summed E-state index contributed by atoms with van der Waals surface area (Å²) in [6.45, 7) is 4.01. The predicted molar refractivity (Wildman–Crippen MR) is 127 cm³/mol. The van der Waals surface area contributed by atoms with Crippen molar-refractivity contribution in [3.05, 3.63) is 95.7 Å². The molecule has 0 N–H and O–H groups in total. The van der Waals surface area contributed by atoms with Crippen LogP contribution in [0.25, 0.3) is 34.6 Å². The van der Waals surface area contributed by atoms with Crippen molar-refractivity contribution >= 4 is 17.8 Å². The Kier molecular flexibility index (Phi) is 5.03. The normalized spacial score (nSPS) is 11.5. The van der Waals surface area contributed by atoms with Gasteiger partial charge in [-0.05, 0) is 49.8 Å². The van der Waals surface area contributed by atoms with E-state index in [2.05, 4.69) is 29.4 Å². The zero-order chi connectivity index (χ0) is 22.1. The van der Waals surface area contributed by atoms with Gasteiger partial charge < -0.3 is 4.74 Å². The number of nitrogens with zero attached hydrogens (tertiary/aromatic N) is 5. The summed E-state index contributed by atoms with van der Waals surface area (Å²) in [5, 5.41) is 9.14. The molecule has 5 aromatic rings. The minimum atomic E-state index is 0.751. The molecule has 0 aliphatic carbocycles. The van der Waals surface area contributed by atoms with Crippen LogP contribution in [-0.4, -0.2) is 31.5 Å². The molecular weight excluding hydrogens is 398 g/mol. The summed E-state index contributed by atoms with van der Waals surface area (Å²) in [5.74, 6) is 0.751. The lowest BCUT2D eigenvalue weighted by Crippen LogP contribution is -1.99. The lowest BCUT2D eigenvalue weighted by molar-refractivity contribution is 0.416. The van der Waals surface area contributed by atoms with E-state index in [1.54, 1.807) is 13.3 Å². The molecule has 3 aromatic heterocycles. The molecule has 0 bridgehead atoms. The number of rotatable bonds is 5. The number of fused-ring (bicyclic) bond motifs is 1. The van der Waals surface area contributed by atoms with E-state index in [-0.39, 0.29) is 0 Å². The van der Waals surface area contributed by atoms with E-state index in [0.29, 0.717) is 0 Å². The first-order chi connectivity index (χ1) is 15.6. The van der Waals surface area contributed by atoms with Crippen LogP contribution >= 0.6 is 0 Å². The number of benzene rings is 2. The lowest BCUT2D eigenvalue weighted by atomic mass is 10.0. The largest absolute Gasteiger partial charge is 0.496 e. The highest BCUT2D eigenvalue weighted by atomic mass is 16.5. The molecule has 0 radical (unpaired) electrons. The van der Waals surface area contributed by atoms with E-state index in [0.717, 1.165) is 50.9 Å². The molecule has 0 unspecified atom stereocenters. The van der Waals surface area contributed by atoms with E-state index < -0.39 is 0 Å². The Labute approximate surface area is 186 Å². The maximum atomic E-state index is 5.76. The monoisotopic (exact) mass is 421 g/mol. The second-order valence-corrected chi connectivity index (χ2v) is 7.60. The zero-order valence-corrected chi connectivity index (χ0v) is 18.2. The van der Waals surface area contributed by atoms with Crippen molar-refractivity contribution in [2.45, 2.75) is 13.8 Å². The van der Waals surface area contributed by atoms with Gasteiger partial charge >= 0.3 is 0 Å². The molecular formula is C26H23N5O.